The predicted octanol–water partition coefficient (Wildman–Crippen LogP) is 4.11. The standard InChI is InChI=1S/C19H17FN2O3/c1-13(24-17(23)12-7-14-5-3-2-4-6-14)18-21-22-19(25-18)15-8-10-16(20)11-9-15/h2-6,8-11,13H,7,12H2,1H3/t13-/m0/s1. The van der Waals surface area contributed by atoms with Crippen LogP contribution in [0.1, 0.15) is 30.9 Å². The van der Waals surface area contributed by atoms with Crippen LogP contribution >= 0.6 is 0 Å². The molecule has 0 saturated carbocycles. The molecular formula is C19H17FN2O3. The highest BCUT2D eigenvalue weighted by Gasteiger charge is 2.19. The van der Waals surface area contributed by atoms with Crippen LogP contribution in [0.3, 0.4) is 0 Å². The molecule has 0 aliphatic rings. The lowest BCUT2D eigenvalue weighted by atomic mass is 10.1. The zero-order valence-electron chi connectivity index (χ0n) is 13.7. The summed E-state index contributed by atoms with van der Waals surface area (Å²) in [5, 5.41) is 7.81. The largest absolute Gasteiger partial charge is 0.453 e. The molecule has 1 heterocycles. The third-order valence-electron chi connectivity index (χ3n) is 3.65. The lowest BCUT2D eigenvalue weighted by Gasteiger charge is -2.09. The van der Waals surface area contributed by atoms with Gasteiger partial charge in [-0.05, 0) is 43.2 Å². The predicted molar refractivity (Wildman–Crippen MR) is 89.0 cm³/mol. The quantitative estimate of drug-likeness (QED) is 0.632. The molecule has 6 heteroatoms. The van der Waals surface area contributed by atoms with Crippen molar-refractivity contribution < 1.29 is 18.3 Å². The first-order chi connectivity index (χ1) is 12.1. The molecule has 0 aliphatic carbocycles. The monoisotopic (exact) mass is 340 g/mol. The molecule has 3 rings (SSSR count). The summed E-state index contributed by atoms with van der Waals surface area (Å²) >= 11 is 0. The molecule has 0 fully saturated rings. The van der Waals surface area contributed by atoms with E-state index < -0.39 is 6.10 Å². The third kappa shape index (κ3) is 4.50. The summed E-state index contributed by atoms with van der Waals surface area (Å²) in [5.41, 5.74) is 1.67. The topological polar surface area (TPSA) is 65.2 Å². The number of ether oxygens (including phenoxy) is 1. The normalized spacial score (nSPS) is 11.9. The number of benzene rings is 2. The van der Waals surface area contributed by atoms with Crippen LogP contribution in [-0.4, -0.2) is 16.2 Å². The Morgan fingerprint density at radius 2 is 1.84 bits per heavy atom. The number of hydrogen-bond donors (Lipinski definition) is 0. The number of carbonyl (C=O) groups is 1. The maximum Gasteiger partial charge on any atom is 0.306 e. The van der Waals surface area contributed by atoms with Gasteiger partial charge < -0.3 is 9.15 Å². The van der Waals surface area contributed by atoms with Crippen LogP contribution in [0, 0.1) is 5.82 Å². The van der Waals surface area contributed by atoms with Crippen LogP contribution in [0.2, 0.25) is 0 Å². The van der Waals surface area contributed by atoms with Crippen molar-refractivity contribution in [1.29, 1.82) is 0 Å². The lowest BCUT2D eigenvalue weighted by Crippen LogP contribution is -2.10. The van der Waals surface area contributed by atoms with Gasteiger partial charge in [-0.25, -0.2) is 4.39 Å². The van der Waals surface area contributed by atoms with Gasteiger partial charge in [-0.2, -0.15) is 0 Å². The number of hydrogen-bond acceptors (Lipinski definition) is 5. The van der Waals surface area contributed by atoms with E-state index in [-0.39, 0.29) is 30.0 Å². The first kappa shape index (κ1) is 16.8. The van der Waals surface area contributed by atoms with Gasteiger partial charge in [0.15, 0.2) is 6.10 Å². The molecule has 1 atom stereocenters. The van der Waals surface area contributed by atoms with E-state index in [0.29, 0.717) is 12.0 Å². The third-order valence-corrected chi connectivity index (χ3v) is 3.65. The first-order valence-corrected chi connectivity index (χ1v) is 7.94. The van der Waals surface area contributed by atoms with Gasteiger partial charge in [0, 0.05) is 12.0 Å². The molecule has 0 spiro atoms. The second-order valence-corrected chi connectivity index (χ2v) is 5.57. The van der Waals surface area contributed by atoms with Crippen molar-refractivity contribution in [2.75, 3.05) is 0 Å². The zero-order chi connectivity index (χ0) is 17.6. The number of aromatic nitrogens is 2. The Hall–Kier alpha value is -3.02. The van der Waals surface area contributed by atoms with E-state index in [4.69, 9.17) is 9.15 Å². The van der Waals surface area contributed by atoms with Crippen LogP contribution in [0.25, 0.3) is 11.5 Å². The molecule has 0 saturated heterocycles. The fourth-order valence-electron chi connectivity index (χ4n) is 2.31. The van der Waals surface area contributed by atoms with Crippen molar-refractivity contribution in [3.8, 4) is 11.5 Å². The summed E-state index contributed by atoms with van der Waals surface area (Å²) in [6.45, 7) is 1.67. The Bertz CT molecular complexity index is 831. The van der Waals surface area contributed by atoms with E-state index in [9.17, 15) is 9.18 Å². The molecule has 0 N–H and O–H groups in total. The summed E-state index contributed by atoms with van der Waals surface area (Å²) in [7, 11) is 0. The minimum atomic E-state index is -0.648. The summed E-state index contributed by atoms with van der Waals surface area (Å²) in [4.78, 5) is 12.0. The fourth-order valence-corrected chi connectivity index (χ4v) is 2.31. The molecule has 0 bridgehead atoms. The van der Waals surface area contributed by atoms with Crippen LogP contribution in [0.5, 0.6) is 0 Å². The van der Waals surface area contributed by atoms with Crippen molar-refractivity contribution in [2.24, 2.45) is 0 Å². The number of halogens is 1. The Morgan fingerprint density at radius 3 is 2.56 bits per heavy atom. The average Bonchev–Trinajstić information content (AvgIpc) is 3.12. The molecule has 5 nitrogen and oxygen atoms in total. The van der Waals surface area contributed by atoms with E-state index in [0.717, 1.165) is 5.56 Å². The highest BCUT2D eigenvalue weighted by molar-refractivity contribution is 5.70. The summed E-state index contributed by atoms with van der Waals surface area (Å²) < 4.78 is 23.8. The minimum Gasteiger partial charge on any atom is -0.453 e. The number of nitrogens with zero attached hydrogens (tertiary/aromatic N) is 2. The second-order valence-electron chi connectivity index (χ2n) is 5.57. The van der Waals surface area contributed by atoms with Crippen LogP contribution in [-0.2, 0) is 16.0 Å². The molecule has 0 unspecified atom stereocenters. The molecule has 0 aliphatic heterocycles. The van der Waals surface area contributed by atoms with Crippen LogP contribution in [0.4, 0.5) is 4.39 Å². The van der Waals surface area contributed by atoms with Gasteiger partial charge in [0.1, 0.15) is 5.82 Å². The molecule has 128 valence electrons. The smallest absolute Gasteiger partial charge is 0.306 e. The maximum absolute atomic E-state index is 13.0. The van der Waals surface area contributed by atoms with Crippen molar-refractivity contribution >= 4 is 5.97 Å². The van der Waals surface area contributed by atoms with Gasteiger partial charge >= 0.3 is 5.97 Å². The van der Waals surface area contributed by atoms with Gasteiger partial charge in [0.25, 0.3) is 5.89 Å². The average molecular weight is 340 g/mol. The Balaban J connectivity index is 1.57. The van der Waals surface area contributed by atoms with Crippen LogP contribution < -0.4 is 0 Å². The Labute approximate surface area is 144 Å². The highest BCUT2D eigenvalue weighted by Crippen LogP contribution is 2.23. The maximum atomic E-state index is 13.0. The number of carbonyl (C=O) groups excluding carboxylic acids is 1. The van der Waals surface area contributed by atoms with Gasteiger partial charge in [-0.3, -0.25) is 4.79 Å². The molecule has 3 aromatic rings. The number of aryl methyl sites for hydroxylation is 1. The van der Waals surface area contributed by atoms with E-state index >= 15 is 0 Å². The van der Waals surface area contributed by atoms with E-state index in [1.54, 1.807) is 19.1 Å². The van der Waals surface area contributed by atoms with Crippen molar-refractivity contribution in [1.82, 2.24) is 10.2 Å². The van der Waals surface area contributed by atoms with E-state index in [2.05, 4.69) is 10.2 Å². The fraction of sp³-hybridized carbons (Fsp3) is 0.211. The second kappa shape index (κ2) is 7.70. The van der Waals surface area contributed by atoms with Crippen molar-refractivity contribution in [3.63, 3.8) is 0 Å². The van der Waals surface area contributed by atoms with Crippen LogP contribution in [0.15, 0.2) is 59.0 Å². The van der Waals surface area contributed by atoms with Gasteiger partial charge in [-0.1, -0.05) is 30.3 Å². The summed E-state index contributed by atoms with van der Waals surface area (Å²) in [6, 6.07) is 15.4. The van der Waals surface area contributed by atoms with E-state index in [1.807, 2.05) is 30.3 Å². The Kier molecular flexibility index (Phi) is 5.18. The van der Waals surface area contributed by atoms with Crippen molar-refractivity contribution in [3.05, 3.63) is 71.9 Å². The van der Waals surface area contributed by atoms with Crippen molar-refractivity contribution in [2.45, 2.75) is 25.9 Å². The molecule has 0 amide bonds. The number of rotatable bonds is 6. The summed E-state index contributed by atoms with van der Waals surface area (Å²) in [5.74, 6) is -0.225. The summed E-state index contributed by atoms with van der Waals surface area (Å²) in [6.07, 6.45) is 0.231. The number of esters is 1. The van der Waals surface area contributed by atoms with Gasteiger partial charge in [0.2, 0.25) is 5.89 Å². The highest BCUT2D eigenvalue weighted by atomic mass is 19.1. The molecule has 0 radical (unpaired) electrons. The van der Waals surface area contributed by atoms with Gasteiger partial charge in [-0.15, -0.1) is 10.2 Å². The SMILES string of the molecule is C[C@H](OC(=O)CCc1ccccc1)c1nnc(-c2ccc(F)cc2)o1. The molecular weight excluding hydrogens is 323 g/mol. The Morgan fingerprint density at radius 1 is 1.12 bits per heavy atom. The minimum absolute atomic E-state index is 0.201. The molecule has 1 aromatic heterocycles. The first-order valence-electron chi connectivity index (χ1n) is 7.94. The van der Waals surface area contributed by atoms with Gasteiger partial charge in [0.05, 0.1) is 0 Å². The molecule has 25 heavy (non-hydrogen) atoms. The molecule has 2 aromatic carbocycles. The van der Waals surface area contributed by atoms with E-state index in [1.165, 1.54) is 12.1 Å². The lowest BCUT2D eigenvalue weighted by molar-refractivity contribution is -0.149. The zero-order valence-corrected chi connectivity index (χ0v) is 13.7.